The van der Waals surface area contributed by atoms with Crippen LogP contribution >= 0.6 is 27.5 Å². The van der Waals surface area contributed by atoms with E-state index in [9.17, 15) is 0 Å². The lowest BCUT2D eigenvalue weighted by Gasteiger charge is -2.23. The van der Waals surface area contributed by atoms with Crippen LogP contribution in [-0.2, 0) is 11.3 Å². The number of ether oxygens (including phenoxy) is 1. The minimum atomic E-state index is 0.232. The summed E-state index contributed by atoms with van der Waals surface area (Å²) in [6.07, 6.45) is 3.68. The summed E-state index contributed by atoms with van der Waals surface area (Å²) in [7, 11) is 0. The van der Waals surface area contributed by atoms with Gasteiger partial charge < -0.3 is 9.94 Å². The van der Waals surface area contributed by atoms with E-state index in [4.69, 9.17) is 21.5 Å². The first-order valence-electron chi connectivity index (χ1n) is 5.94. The Bertz CT molecular complexity index is 441. The third-order valence-corrected chi connectivity index (χ3v) is 3.99. The Labute approximate surface area is 120 Å². The van der Waals surface area contributed by atoms with Gasteiger partial charge in [0.05, 0.1) is 18.4 Å². The van der Waals surface area contributed by atoms with Gasteiger partial charge in [0, 0.05) is 9.50 Å². The Balaban J connectivity index is 1.85. The molecule has 1 aromatic rings. The number of rotatable bonds is 3. The van der Waals surface area contributed by atoms with Gasteiger partial charge in [0.2, 0.25) is 0 Å². The zero-order valence-electron chi connectivity index (χ0n) is 9.90. The maximum Gasteiger partial charge on any atom is 0.0735 e. The second-order valence-corrected chi connectivity index (χ2v) is 5.74. The highest BCUT2D eigenvalue weighted by Crippen LogP contribution is 2.24. The molecule has 1 N–H and O–H groups in total. The lowest BCUT2D eigenvalue weighted by molar-refractivity contribution is 0.0277. The van der Waals surface area contributed by atoms with Crippen molar-refractivity contribution in [3.8, 4) is 0 Å². The lowest BCUT2D eigenvalue weighted by atomic mass is 9.96. The molecule has 0 saturated heterocycles. The van der Waals surface area contributed by atoms with E-state index < -0.39 is 0 Å². The molecule has 0 atom stereocenters. The summed E-state index contributed by atoms with van der Waals surface area (Å²) in [6, 6.07) is 5.80. The van der Waals surface area contributed by atoms with Crippen LogP contribution in [0.1, 0.15) is 31.2 Å². The van der Waals surface area contributed by atoms with Crippen LogP contribution in [-0.4, -0.2) is 17.0 Å². The molecule has 1 aliphatic carbocycles. The van der Waals surface area contributed by atoms with Crippen molar-refractivity contribution in [2.24, 2.45) is 5.16 Å². The van der Waals surface area contributed by atoms with Crippen LogP contribution in [0.4, 0.5) is 0 Å². The van der Waals surface area contributed by atoms with Gasteiger partial charge in [0.25, 0.3) is 0 Å². The molecule has 1 fully saturated rings. The van der Waals surface area contributed by atoms with Crippen molar-refractivity contribution in [1.29, 1.82) is 0 Å². The molecule has 18 heavy (non-hydrogen) atoms. The Kier molecular flexibility index (Phi) is 5.03. The van der Waals surface area contributed by atoms with Gasteiger partial charge >= 0.3 is 0 Å². The van der Waals surface area contributed by atoms with Gasteiger partial charge in [0.1, 0.15) is 0 Å². The molecule has 0 aromatic heterocycles. The predicted molar refractivity (Wildman–Crippen MR) is 75.4 cm³/mol. The number of nitrogens with zero attached hydrogens (tertiary/aromatic N) is 1. The molecule has 1 saturated carbocycles. The number of benzene rings is 1. The summed E-state index contributed by atoms with van der Waals surface area (Å²) in [5.74, 6) is 0. The monoisotopic (exact) mass is 331 g/mol. The average molecular weight is 333 g/mol. The second-order valence-electron chi connectivity index (χ2n) is 4.41. The fourth-order valence-corrected chi connectivity index (χ4v) is 2.77. The van der Waals surface area contributed by atoms with E-state index in [1.807, 2.05) is 18.2 Å². The zero-order chi connectivity index (χ0) is 13.0. The summed E-state index contributed by atoms with van der Waals surface area (Å²) >= 11 is 9.51. The molecule has 1 aliphatic rings. The fourth-order valence-electron chi connectivity index (χ4n) is 2.04. The molecule has 0 heterocycles. The lowest BCUT2D eigenvalue weighted by Crippen LogP contribution is -2.21. The highest BCUT2D eigenvalue weighted by atomic mass is 79.9. The summed E-state index contributed by atoms with van der Waals surface area (Å²) in [4.78, 5) is 0. The van der Waals surface area contributed by atoms with Crippen LogP contribution < -0.4 is 0 Å². The summed E-state index contributed by atoms with van der Waals surface area (Å²) in [5, 5.41) is 12.7. The van der Waals surface area contributed by atoms with Gasteiger partial charge in [-0.2, -0.15) is 0 Å². The SMILES string of the molecule is ON=C1CCC(OCc2ccc(Br)cc2Cl)CC1. The third-order valence-electron chi connectivity index (χ3n) is 3.14. The molecule has 0 unspecified atom stereocenters. The first-order valence-corrected chi connectivity index (χ1v) is 7.11. The highest BCUT2D eigenvalue weighted by Gasteiger charge is 2.18. The van der Waals surface area contributed by atoms with Gasteiger partial charge in [-0.25, -0.2) is 0 Å². The average Bonchev–Trinajstić information content (AvgIpc) is 2.38. The van der Waals surface area contributed by atoms with Gasteiger partial charge in [0.15, 0.2) is 0 Å². The minimum Gasteiger partial charge on any atom is -0.411 e. The van der Waals surface area contributed by atoms with Crippen molar-refractivity contribution in [3.05, 3.63) is 33.3 Å². The molecular weight excluding hydrogens is 318 g/mol. The quantitative estimate of drug-likeness (QED) is 0.659. The maximum atomic E-state index is 8.67. The van der Waals surface area contributed by atoms with Crippen LogP contribution in [0.2, 0.25) is 5.02 Å². The second kappa shape index (κ2) is 6.55. The van der Waals surface area contributed by atoms with E-state index in [-0.39, 0.29) is 6.10 Å². The molecule has 2 rings (SSSR count). The fraction of sp³-hybridized carbons (Fsp3) is 0.462. The third kappa shape index (κ3) is 3.70. The van der Waals surface area contributed by atoms with E-state index in [1.54, 1.807) is 0 Å². The maximum absolute atomic E-state index is 8.67. The molecule has 1 aromatic carbocycles. The van der Waals surface area contributed by atoms with Gasteiger partial charge in [-0.1, -0.05) is 38.8 Å². The van der Waals surface area contributed by atoms with Crippen molar-refractivity contribution < 1.29 is 9.94 Å². The van der Waals surface area contributed by atoms with Crippen LogP contribution in [0.25, 0.3) is 0 Å². The largest absolute Gasteiger partial charge is 0.411 e. The van der Waals surface area contributed by atoms with Crippen molar-refractivity contribution in [2.45, 2.75) is 38.4 Å². The van der Waals surface area contributed by atoms with E-state index >= 15 is 0 Å². The van der Waals surface area contributed by atoms with Gasteiger partial charge in [-0.15, -0.1) is 0 Å². The number of halogens is 2. The normalized spacial score (nSPS) is 19.9. The molecule has 0 spiro atoms. The molecule has 0 bridgehead atoms. The smallest absolute Gasteiger partial charge is 0.0735 e. The zero-order valence-corrected chi connectivity index (χ0v) is 12.2. The Hall–Kier alpha value is -0.580. The number of hydrogen-bond donors (Lipinski definition) is 1. The number of hydrogen-bond acceptors (Lipinski definition) is 3. The van der Waals surface area contributed by atoms with Crippen molar-refractivity contribution in [2.75, 3.05) is 0 Å². The van der Waals surface area contributed by atoms with Gasteiger partial charge in [-0.3, -0.25) is 0 Å². The highest BCUT2D eigenvalue weighted by molar-refractivity contribution is 9.10. The summed E-state index contributed by atoms with van der Waals surface area (Å²) < 4.78 is 6.82. The molecule has 5 heteroatoms. The van der Waals surface area contributed by atoms with E-state index in [0.29, 0.717) is 6.61 Å². The molecule has 98 valence electrons. The van der Waals surface area contributed by atoms with E-state index in [1.165, 1.54) is 0 Å². The van der Waals surface area contributed by atoms with Gasteiger partial charge in [-0.05, 0) is 43.4 Å². The van der Waals surface area contributed by atoms with Crippen LogP contribution in [0.15, 0.2) is 27.8 Å². The molecule has 0 aliphatic heterocycles. The summed E-state index contributed by atoms with van der Waals surface area (Å²) in [6.45, 7) is 0.530. The Morgan fingerprint density at radius 2 is 2.11 bits per heavy atom. The predicted octanol–water partition coefficient (Wildman–Crippen LogP) is 4.39. The van der Waals surface area contributed by atoms with E-state index in [2.05, 4.69) is 21.1 Å². The van der Waals surface area contributed by atoms with E-state index in [0.717, 1.165) is 46.5 Å². The van der Waals surface area contributed by atoms with Crippen molar-refractivity contribution in [3.63, 3.8) is 0 Å². The summed E-state index contributed by atoms with van der Waals surface area (Å²) in [5.41, 5.74) is 1.87. The Morgan fingerprint density at radius 1 is 1.39 bits per heavy atom. The van der Waals surface area contributed by atoms with Crippen molar-refractivity contribution >= 4 is 33.2 Å². The van der Waals surface area contributed by atoms with Crippen molar-refractivity contribution in [1.82, 2.24) is 0 Å². The molecule has 0 amide bonds. The van der Waals surface area contributed by atoms with Crippen LogP contribution in [0, 0.1) is 0 Å². The molecular formula is C13H15BrClNO2. The molecule has 3 nitrogen and oxygen atoms in total. The first kappa shape index (κ1) is 13.8. The number of oxime groups is 1. The minimum absolute atomic E-state index is 0.232. The van der Waals surface area contributed by atoms with Crippen LogP contribution in [0.3, 0.4) is 0 Å². The standard InChI is InChI=1S/C13H15BrClNO2/c14-10-2-1-9(13(15)7-10)8-18-12-5-3-11(16-17)4-6-12/h1-2,7,12,17H,3-6,8H2. The van der Waals surface area contributed by atoms with Crippen LogP contribution in [0.5, 0.6) is 0 Å². The molecule has 0 radical (unpaired) electrons. The topological polar surface area (TPSA) is 41.8 Å². The Morgan fingerprint density at radius 3 is 2.72 bits per heavy atom. The first-order chi connectivity index (χ1) is 8.69.